The van der Waals surface area contributed by atoms with Gasteiger partial charge in [0.2, 0.25) is 10.0 Å². The topological polar surface area (TPSA) is 80.3 Å². The van der Waals surface area contributed by atoms with Crippen LogP contribution in [-0.2, 0) is 14.8 Å². The molecule has 0 aliphatic carbocycles. The van der Waals surface area contributed by atoms with Crippen LogP contribution in [0, 0.1) is 0 Å². The van der Waals surface area contributed by atoms with E-state index in [0.29, 0.717) is 38.3 Å². The minimum Gasteiger partial charge on any atom is -0.384 e. The molecule has 1 aromatic rings. The first-order valence-corrected chi connectivity index (χ1v) is 7.90. The normalized spacial score (nSPS) is 17.3. The molecule has 106 valence electrons. The molecule has 2 heterocycles. The van der Waals surface area contributed by atoms with Crippen molar-refractivity contribution in [3.63, 3.8) is 0 Å². The Labute approximate surface area is 113 Å². The van der Waals surface area contributed by atoms with Gasteiger partial charge in [0.1, 0.15) is 4.90 Å². The highest BCUT2D eigenvalue weighted by atomic mass is 32.2. The average Bonchev–Trinajstić information content (AvgIpc) is 2.40. The molecular formula is C12H19N3O3S. The summed E-state index contributed by atoms with van der Waals surface area (Å²) in [6.45, 7) is 3.77. The first kappa shape index (κ1) is 14.2. The lowest BCUT2D eigenvalue weighted by molar-refractivity contribution is 0.0832. The Hall–Kier alpha value is -1.18. The van der Waals surface area contributed by atoms with Crippen LogP contribution in [0.15, 0.2) is 23.4 Å². The fourth-order valence-corrected chi connectivity index (χ4v) is 3.46. The molecule has 1 aromatic heterocycles. The molecule has 0 amide bonds. The Balaban J connectivity index is 2.18. The van der Waals surface area contributed by atoms with Crippen molar-refractivity contribution in [1.29, 1.82) is 0 Å². The molecule has 6 nitrogen and oxygen atoms in total. The van der Waals surface area contributed by atoms with Gasteiger partial charge in [-0.15, -0.1) is 0 Å². The molecule has 2 rings (SSSR count). The summed E-state index contributed by atoms with van der Waals surface area (Å²) in [4.78, 5) is 4.10. The van der Waals surface area contributed by atoms with Crippen LogP contribution in [0.25, 0.3) is 0 Å². The molecule has 1 aliphatic heterocycles. The predicted octanol–water partition coefficient (Wildman–Crippen LogP) is 0.971. The number of nitrogens with one attached hydrogen (secondary N) is 2. The SMILES string of the molecule is CCNc1ccncc1S(=O)(=O)NC1CCOCC1. The summed E-state index contributed by atoms with van der Waals surface area (Å²) in [6, 6.07) is 1.61. The fraction of sp³-hybridized carbons (Fsp3) is 0.583. The van der Waals surface area contributed by atoms with Crippen LogP contribution in [0.5, 0.6) is 0 Å². The summed E-state index contributed by atoms with van der Waals surface area (Å²) in [5.41, 5.74) is 0.581. The number of nitrogens with zero attached hydrogens (tertiary/aromatic N) is 1. The van der Waals surface area contributed by atoms with Gasteiger partial charge in [-0.2, -0.15) is 0 Å². The molecule has 0 radical (unpaired) electrons. The molecule has 0 spiro atoms. The lowest BCUT2D eigenvalue weighted by Crippen LogP contribution is -2.39. The van der Waals surface area contributed by atoms with Gasteiger partial charge < -0.3 is 10.1 Å². The first-order valence-electron chi connectivity index (χ1n) is 6.41. The Morgan fingerprint density at radius 1 is 1.42 bits per heavy atom. The molecule has 0 aromatic carbocycles. The summed E-state index contributed by atoms with van der Waals surface area (Å²) in [7, 11) is -3.54. The number of pyridine rings is 1. The molecule has 1 saturated heterocycles. The minimum atomic E-state index is -3.54. The Morgan fingerprint density at radius 2 is 2.16 bits per heavy atom. The van der Waals surface area contributed by atoms with Gasteiger partial charge >= 0.3 is 0 Å². The predicted molar refractivity (Wildman–Crippen MR) is 72.6 cm³/mol. The van der Waals surface area contributed by atoms with Crippen LogP contribution < -0.4 is 10.0 Å². The zero-order valence-electron chi connectivity index (χ0n) is 10.9. The molecule has 0 saturated carbocycles. The number of sulfonamides is 1. The third-order valence-electron chi connectivity index (χ3n) is 2.98. The average molecular weight is 285 g/mol. The van der Waals surface area contributed by atoms with E-state index in [1.165, 1.54) is 6.20 Å². The van der Waals surface area contributed by atoms with E-state index in [1.54, 1.807) is 12.3 Å². The van der Waals surface area contributed by atoms with E-state index >= 15 is 0 Å². The molecule has 0 bridgehead atoms. The van der Waals surface area contributed by atoms with Gasteiger partial charge in [-0.3, -0.25) is 4.98 Å². The van der Waals surface area contributed by atoms with Gasteiger partial charge in [0.15, 0.2) is 0 Å². The third-order valence-corrected chi connectivity index (χ3v) is 4.53. The Morgan fingerprint density at radius 3 is 2.84 bits per heavy atom. The van der Waals surface area contributed by atoms with E-state index in [9.17, 15) is 8.42 Å². The lowest BCUT2D eigenvalue weighted by Gasteiger charge is -2.23. The second-order valence-corrected chi connectivity index (χ2v) is 6.09. The van der Waals surface area contributed by atoms with Crippen LogP contribution >= 0.6 is 0 Å². The van der Waals surface area contributed by atoms with Crippen LogP contribution in [0.2, 0.25) is 0 Å². The number of rotatable bonds is 5. The van der Waals surface area contributed by atoms with Crippen molar-refractivity contribution in [2.45, 2.75) is 30.7 Å². The van der Waals surface area contributed by atoms with E-state index in [-0.39, 0.29) is 10.9 Å². The van der Waals surface area contributed by atoms with Crippen LogP contribution in [-0.4, -0.2) is 39.2 Å². The lowest BCUT2D eigenvalue weighted by atomic mass is 10.1. The van der Waals surface area contributed by atoms with Crippen LogP contribution in [0.4, 0.5) is 5.69 Å². The van der Waals surface area contributed by atoms with Crippen molar-refractivity contribution in [3.8, 4) is 0 Å². The van der Waals surface area contributed by atoms with Crippen LogP contribution in [0.3, 0.4) is 0 Å². The standard InChI is InChI=1S/C12H19N3O3S/c1-2-14-11-3-6-13-9-12(11)19(16,17)15-10-4-7-18-8-5-10/h3,6,9-10,15H,2,4-5,7-8H2,1H3,(H,13,14). The molecule has 7 heteroatoms. The van der Waals surface area contributed by atoms with Crippen molar-refractivity contribution in [2.75, 3.05) is 25.1 Å². The Bertz CT molecular complexity index is 513. The second-order valence-electron chi connectivity index (χ2n) is 4.41. The van der Waals surface area contributed by atoms with Crippen molar-refractivity contribution < 1.29 is 13.2 Å². The second kappa shape index (κ2) is 6.31. The van der Waals surface area contributed by atoms with Crippen molar-refractivity contribution >= 4 is 15.7 Å². The van der Waals surface area contributed by atoms with Gasteiger partial charge in [0.05, 0.1) is 5.69 Å². The maximum absolute atomic E-state index is 12.4. The fourth-order valence-electron chi connectivity index (χ4n) is 2.03. The summed E-state index contributed by atoms with van der Waals surface area (Å²) < 4.78 is 32.7. The molecule has 0 unspecified atom stereocenters. The summed E-state index contributed by atoms with van der Waals surface area (Å²) >= 11 is 0. The van der Waals surface area contributed by atoms with Gasteiger partial charge in [0, 0.05) is 38.2 Å². The maximum atomic E-state index is 12.4. The Kier molecular flexibility index (Phi) is 4.73. The number of aromatic nitrogens is 1. The zero-order valence-corrected chi connectivity index (χ0v) is 11.7. The zero-order chi connectivity index (χ0) is 13.7. The van der Waals surface area contributed by atoms with Gasteiger partial charge in [-0.25, -0.2) is 13.1 Å². The molecule has 0 atom stereocenters. The third kappa shape index (κ3) is 3.65. The monoisotopic (exact) mass is 285 g/mol. The van der Waals surface area contributed by atoms with Crippen molar-refractivity contribution in [2.24, 2.45) is 0 Å². The molecule has 2 N–H and O–H groups in total. The minimum absolute atomic E-state index is 0.0616. The molecular weight excluding hydrogens is 266 g/mol. The maximum Gasteiger partial charge on any atom is 0.244 e. The highest BCUT2D eigenvalue weighted by molar-refractivity contribution is 7.89. The largest absolute Gasteiger partial charge is 0.384 e. The van der Waals surface area contributed by atoms with E-state index in [0.717, 1.165) is 0 Å². The highest BCUT2D eigenvalue weighted by Crippen LogP contribution is 2.20. The van der Waals surface area contributed by atoms with Crippen molar-refractivity contribution in [3.05, 3.63) is 18.5 Å². The summed E-state index contributed by atoms with van der Waals surface area (Å²) in [5.74, 6) is 0. The van der Waals surface area contributed by atoms with E-state index in [2.05, 4.69) is 15.0 Å². The highest BCUT2D eigenvalue weighted by Gasteiger charge is 2.24. The quantitative estimate of drug-likeness (QED) is 0.842. The van der Waals surface area contributed by atoms with E-state index in [1.807, 2.05) is 6.92 Å². The molecule has 19 heavy (non-hydrogen) atoms. The first-order chi connectivity index (χ1) is 9.13. The van der Waals surface area contributed by atoms with E-state index in [4.69, 9.17) is 4.74 Å². The van der Waals surface area contributed by atoms with Crippen LogP contribution in [0.1, 0.15) is 19.8 Å². The number of hydrogen-bond acceptors (Lipinski definition) is 5. The number of anilines is 1. The van der Waals surface area contributed by atoms with Gasteiger partial charge in [0.25, 0.3) is 0 Å². The van der Waals surface area contributed by atoms with Gasteiger partial charge in [-0.05, 0) is 25.8 Å². The summed E-state index contributed by atoms with van der Waals surface area (Å²) in [6.07, 6.45) is 4.36. The van der Waals surface area contributed by atoms with E-state index < -0.39 is 10.0 Å². The van der Waals surface area contributed by atoms with Crippen molar-refractivity contribution in [1.82, 2.24) is 9.71 Å². The smallest absolute Gasteiger partial charge is 0.244 e. The summed E-state index contributed by atoms with van der Waals surface area (Å²) in [5, 5.41) is 3.04. The number of ether oxygens (including phenoxy) is 1. The molecule has 1 aliphatic rings. The molecule has 1 fully saturated rings. The number of hydrogen-bond donors (Lipinski definition) is 2. The van der Waals surface area contributed by atoms with Gasteiger partial charge in [-0.1, -0.05) is 0 Å².